The van der Waals surface area contributed by atoms with Crippen LogP contribution in [0.3, 0.4) is 0 Å². The van der Waals surface area contributed by atoms with Crippen LogP contribution >= 0.6 is 40.2 Å². The fourth-order valence-corrected chi connectivity index (χ4v) is 6.02. The second-order valence-corrected chi connectivity index (χ2v) is 10.5. The van der Waals surface area contributed by atoms with Gasteiger partial charge in [-0.25, -0.2) is 15.0 Å². The predicted octanol–water partition coefficient (Wildman–Crippen LogP) is 5.12. The van der Waals surface area contributed by atoms with Gasteiger partial charge < -0.3 is 15.4 Å². The highest BCUT2D eigenvalue weighted by molar-refractivity contribution is 14.2. The highest BCUT2D eigenvalue weighted by atomic mass is 127. The minimum absolute atomic E-state index is 0.202. The number of nitrogens with one attached hydrogen (secondary N) is 2. The first kappa shape index (κ1) is 22.3. The van der Waals surface area contributed by atoms with Crippen LogP contribution in [0, 0.1) is 6.92 Å². The van der Waals surface area contributed by atoms with Crippen molar-refractivity contribution in [2.45, 2.75) is 31.2 Å². The molecule has 0 saturated heterocycles. The number of hydrogen-bond donors (Lipinski definition) is 2. The maximum absolute atomic E-state index is 11.0. The van der Waals surface area contributed by atoms with Gasteiger partial charge >= 0.3 is 0 Å². The summed E-state index contributed by atoms with van der Waals surface area (Å²) in [5, 5.41) is 6.15. The predicted molar refractivity (Wildman–Crippen MR) is 138 cm³/mol. The van der Waals surface area contributed by atoms with E-state index in [-0.39, 0.29) is 5.54 Å². The minimum atomic E-state index is -0.202. The van der Waals surface area contributed by atoms with Crippen molar-refractivity contribution in [3.63, 3.8) is 0 Å². The van der Waals surface area contributed by atoms with Gasteiger partial charge in [-0.3, -0.25) is 9.13 Å². The van der Waals surface area contributed by atoms with Crippen LogP contribution in [-0.4, -0.2) is 45.0 Å². The Morgan fingerprint density at radius 1 is 1.29 bits per heavy atom. The van der Waals surface area contributed by atoms with Crippen LogP contribution in [0.1, 0.15) is 25.2 Å². The SMILES string of the molecule is CSc1cc(C2=NC(C)(C)CO2)ccc1Nc1cc(NC=O)nc2c1nc(C)n2PI. The van der Waals surface area contributed by atoms with Gasteiger partial charge in [0, 0.05) is 16.5 Å². The Labute approximate surface area is 199 Å². The molecule has 11 heteroatoms. The van der Waals surface area contributed by atoms with E-state index in [9.17, 15) is 4.79 Å². The quantitative estimate of drug-likeness (QED) is 0.178. The molecule has 1 unspecified atom stereocenters. The number of aromatic nitrogens is 3. The average Bonchev–Trinajstić information content (AvgIpc) is 3.26. The van der Waals surface area contributed by atoms with Crippen molar-refractivity contribution in [3.05, 3.63) is 35.7 Å². The molecule has 162 valence electrons. The number of anilines is 3. The Morgan fingerprint density at radius 2 is 2.10 bits per heavy atom. The van der Waals surface area contributed by atoms with Crippen LogP contribution in [0.2, 0.25) is 0 Å². The number of aryl methyl sites for hydroxylation is 1. The topological polar surface area (TPSA) is 93.4 Å². The monoisotopic (exact) mass is 568 g/mol. The highest BCUT2D eigenvalue weighted by Gasteiger charge is 2.27. The number of carbonyl (C=O) groups is 1. The van der Waals surface area contributed by atoms with Gasteiger partial charge in [-0.1, -0.05) is 0 Å². The van der Waals surface area contributed by atoms with Crippen molar-refractivity contribution in [2.24, 2.45) is 4.99 Å². The molecule has 1 aliphatic heterocycles. The number of thioether (sulfide) groups is 1. The van der Waals surface area contributed by atoms with E-state index < -0.39 is 0 Å². The van der Waals surface area contributed by atoms with Gasteiger partial charge in [-0.2, -0.15) is 0 Å². The first-order valence-electron chi connectivity index (χ1n) is 9.50. The molecule has 0 aliphatic carbocycles. The molecule has 0 saturated carbocycles. The zero-order valence-electron chi connectivity index (χ0n) is 17.5. The third-order valence-electron chi connectivity index (χ3n) is 4.76. The molecule has 0 fully saturated rings. The maximum Gasteiger partial charge on any atom is 0.216 e. The molecule has 1 aliphatic rings. The van der Waals surface area contributed by atoms with Gasteiger partial charge in [0.2, 0.25) is 12.3 Å². The van der Waals surface area contributed by atoms with Crippen LogP contribution in [0.5, 0.6) is 0 Å². The van der Waals surface area contributed by atoms with Crippen molar-refractivity contribution in [3.8, 4) is 0 Å². The molecular weight excluding hydrogens is 546 g/mol. The maximum atomic E-state index is 11.0. The van der Waals surface area contributed by atoms with E-state index in [4.69, 9.17) is 9.72 Å². The Bertz CT molecular complexity index is 1200. The smallest absolute Gasteiger partial charge is 0.216 e. The van der Waals surface area contributed by atoms with Gasteiger partial charge in [-0.15, -0.1) is 11.8 Å². The number of halogens is 1. The standard InChI is InChI=1S/C20H22IN6O2PS/c1-11-23-17-14(8-16(22-10-28)25-18(17)27(11)30-21)24-13-6-5-12(7-15(13)31-4)19-26-20(2,3)9-29-19/h5-8,10,30H,9H2,1-4H3,(H2,22,24,25,28). The van der Waals surface area contributed by atoms with Gasteiger partial charge in [0.1, 0.15) is 23.8 Å². The van der Waals surface area contributed by atoms with Crippen molar-refractivity contribution < 1.29 is 9.53 Å². The number of aliphatic imine (C=N–C) groups is 1. The lowest BCUT2D eigenvalue weighted by Gasteiger charge is -2.14. The molecule has 4 rings (SSSR count). The molecule has 2 aromatic heterocycles. The van der Waals surface area contributed by atoms with Crippen molar-refractivity contribution in [1.29, 1.82) is 0 Å². The molecule has 0 bridgehead atoms. The van der Waals surface area contributed by atoms with Crippen LogP contribution in [0.15, 0.2) is 34.2 Å². The normalized spacial score (nSPS) is 15.3. The van der Waals surface area contributed by atoms with Gasteiger partial charge in [-0.05, 0) is 67.3 Å². The van der Waals surface area contributed by atoms with Crippen molar-refractivity contribution in [1.82, 2.24) is 14.3 Å². The molecule has 3 heterocycles. The van der Waals surface area contributed by atoms with Gasteiger partial charge in [0.25, 0.3) is 0 Å². The lowest BCUT2D eigenvalue weighted by atomic mass is 10.1. The summed E-state index contributed by atoms with van der Waals surface area (Å²) in [5.74, 6) is 2.02. The second-order valence-electron chi connectivity index (χ2n) is 7.63. The zero-order chi connectivity index (χ0) is 22.2. The summed E-state index contributed by atoms with van der Waals surface area (Å²) in [5.41, 5.74) is 3.96. The molecule has 0 radical (unpaired) electrons. The summed E-state index contributed by atoms with van der Waals surface area (Å²) in [6.07, 6.45) is 3.11. The van der Waals surface area contributed by atoms with E-state index in [1.807, 2.05) is 29.6 Å². The molecule has 1 amide bonds. The highest BCUT2D eigenvalue weighted by Crippen LogP contribution is 2.37. The Kier molecular flexibility index (Phi) is 6.41. The summed E-state index contributed by atoms with van der Waals surface area (Å²) in [6.45, 7) is 6.65. The molecule has 3 aromatic rings. The first-order valence-corrected chi connectivity index (χ1v) is 14.8. The van der Waals surface area contributed by atoms with Gasteiger partial charge in [0.15, 0.2) is 5.65 Å². The fraction of sp³-hybridized carbons (Fsp3) is 0.300. The molecule has 2 N–H and O–H groups in total. The summed E-state index contributed by atoms with van der Waals surface area (Å²) >= 11 is 3.94. The summed E-state index contributed by atoms with van der Waals surface area (Å²) < 4.78 is 7.83. The number of benzene rings is 1. The molecule has 1 aromatic carbocycles. The van der Waals surface area contributed by atoms with Crippen LogP contribution in [-0.2, 0) is 9.53 Å². The van der Waals surface area contributed by atoms with E-state index in [1.165, 1.54) is 0 Å². The van der Waals surface area contributed by atoms with E-state index >= 15 is 0 Å². The first-order chi connectivity index (χ1) is 14.8. The lowest BCUT2D eigenvalue weighted by molar-refractivity contribution is -0.105. The van der Waals surface area contributed by atoms with E-state index in [0.717, 1.165) is 38.8 Å². The third-order valence-corrected chi connectivity index (χ3v) is 7.69. The largest absolute Gasteiger partial charge is 0.475 e. The Morgan fingerprint density at radius 3 is 2.74 bits per heavy atom. The molecular formula is C20H22IN6O2PS. The number of pyridine rings is 1. The number of fused-ring (bicyclic) bond motifs is 1. The number of ether oxygens (including phenoxy) is 1. The summed E-state index contributed by atoms with van der Waals surface area (Å²) in [7, 11) is 0. The van der Waals surface area contributed by atoms with E-state index in [0.29, 0.717) is 31.1 Å². The molecule has 8 nitrogen and oxygen atoms in total. The second kappa shape index (κ2) is 8.91. The summed E-state index contributed by atoms with van der Waals surface area (Å²) in [4.78, 5) is 26.0. The average molecular weight is 568 g/mol. The van der Waals surface area contributed by atoms with Gasteiger partial charge in [0.05, 0.1) is 23.3 Å². The number of imidazole rings is 1. The van der Waals surface area contributed by atoms with Crippen molar-refractivity contribution in [2.75, 3.05) is 23.5 Å². The zero-order valence-corrected chi connectivity index (χ0v) is 21.5. The lowest BCUT2D eigenvalue weighted by Crippen LogP contribution is -2.17. The van der Waals surface area contributed by atoms with Crippen LogP contribution in [0.25, 0.3) is 11.2 Å². The molecule has 1 atom stereocenters. The minimum Gasteiger partial charge on any atom is -0.475 e. The third kappa shape index (κ3) is 4.51. The number of nitrogens with zero attached hydrogens (tertiary/aromatic N) is 4. The number of hydrogen-bond acceptors (Lipinski definition) is 7. The number of carbonyl (C=O) groups excluding carboxylic acids is 1. The molecule has 31 heavy (non-hydrogen) atoms. The van der Waals surface area contributed by atoms with Crippen LogP contribution in [0.4, 0.5) is 17.2 Å². The van der Waals surface area contributed by atoms with E-state index in [1.54, 1.807) is 17.8 Å². The fourth-order valence-electron chi connectivity index (χ4n) is 3.29. The van der Waals surface area contributed by atoms with Crippen molar-refractivity contribution >= 4 is 80.8 Å². The Hall–Kier alpha value is -1.91. The number of rotatable bonds is 7. The van der Waals surface area contributed by atoms with E-state index in [2.05, 4.69) is 62.6 Å². The number of amides is 1. The molecule has 0 spiro atoms. The summed E-state index contributed by atoms with van der Waals surface area (Å²) in [6, 6.07) is 7.89. The van der Waals surface area contributed by atoms with Crippen LogP contribution < -0.4 is 10.6 Å². The Balaban J connectivity index is 1.76.